The molecule has 1 rings (SSSR count). The number of nitrogens with one attached hydrogen (secondary N) is 1. The van der Waals surface area contributed by atoms with Crippen molar-refractivity contribution in [1.29, 1.82) is 0 Å². The molecule has 2 heteroatoms. The first-order chi connectivity index (χ1) is 9.74. The Bertz CT molecular complexity index is 230. The molecule has 0 unspecified atom stereocenters. The number of hydrogen-bond acceptors (Lipinski definition) is 2. The van der Waals surface area contributed by atoms with Crippen molar-refractivity contribution in [2.75, 3.05) is 32.7 Å². The van der Waals surface area contributed by atoms with Gasteiger partial charge in [0.2, 0.25) is 0 Å². The van der Waals surface area contributed by atoms with Crippen LogP contribution >= 0.6 is 0 Å². The van der Waals surface area contributed by atoms with Crippen LogP contribution in [0.15, 0.2) is 49.6 Å². The van der Waals surface area contributed by atoms with Crippen LogP contribution in [0.4, 0.5) is 0 Å². The van der Waals surface area contributed by atoms with E-state index < -0.39 is 0 Å². The lowest BCUT2D eigenvalue weighted by molar-refractivity contribution is 0.259. The van der Waals surface area contributed by atoms with E-state index in [-0.39, 0.29) is 0 Å². The molecule has 0 aliphatic carbocycles. The van der Waals surface area contributed by atoms with E-state index in [2.05, 4.69) is 43.0 Å². The van der Waals surface area contributed by atoms with Gasteiger partial charge in [-0.15, -0.1) is 0 Å². The van der Waals surface area contributed by atoms with Gasteiger partial charge in [-0.25, -0.2) is 0 Å². The van der Waals surface area contributed by atoms with Gasteiger partial charge in [-0.3, -0.25) is 4.90 Å². The number of nitrogens with zero attached hydrogens (tertiary/aromatic N) is 1. The van der Waals surface area contributed by atoms with Gasteiger partial charge in [0, 0.05) is 32.7 Å². The van der Waals surface area contributed by atoms with Crippen LogP contribution in [-0.4, -0.2) is 37.6 Å². The molecule has 0 bridgehead atoms. The normalized spacial score (nSPS) is 14.2. The van der Waals surface area contributed by atoms with Crippen molar-refractivity contribution in [2.24, 2.45) is 0 Å². The summed E-state index contributed by atoms with van der Waals surface area (Å²) in [5.74, 6) is 0. The lowest BCUT2D eigenvalue weighted by atomic mass is 10.2. The van der Waals surface area contributed by atoms with Gasteiger partial charge in [0.15, 0.2) is 0 Å². The summed E-state index contributed by atoms with van der Waals surface area (Å²) in [7, 11) is 0. The topological polar surface area (TPSA) is 15.3 Å². The zero-order valence-corrected chi connectivity index (χ0v) is 14.4. The van der Waals surface area contributed by atoms with Crippen molar-refractivity contribution in [3.8, 4) is 0 Å². The van der Waals surface area contributed by atoms with E-state index in [1.807, 2.05) is 33.8 Å². The second-order valence-corrected chi connectivity index (χ2v) is 3.75. The average Bonchev–Trinajstić information content (AvgIpc) is 2.53. The number of allylic oxidation sites excluding steroid dienone is 4. The second kappa shape index (κ2) is 23.0. The molecule has 0 aromatic heterocycles. The standard InChI is InChI=1S/C10H18N2.C4H6.2C2H6/c1-3-4-10(2)9-12-7-5-11-6-8-12;1-3-4-2;2*1-2/h3-4,11H,1,5-9H2,2H3;3-4H,1-2H2;2*1-2H3/b10-4+;;;. The number of rotatable bonds is 4. The summed E-state index contributed by atoms with van der Waals surface area (Å²) in [5, 5.41) is 3.34. The molecular weight excluding hydrogens is 244 g/mol. The molecule has 118 valence electrons. The van der Waals surface area contributed by atoms with Crippen molar-refractivity contribution < 1.29 is 0 Å². The van der Waals surface area contributed by atoms with Gasteiger partial charge in [0.1, 0.15) is 0 Å². The van der Waals surface area contributed by atoms with Crippen molar-refractivity contribution in [2.45, 2.75) is 34.6 Å². The van der Waals surface area contributed by atoms with Crippen LogP contribution in [0, 0.1) is 0 Å². The summed E-state index contributed by atoms with van der Waals surface area (Å²) in [5.41, 5.74) is 1.40. The zero-order chi connectivity index (χ0) is 16.2. The van der Waals surface area contributed by atoms with E-state index in [0.717, 1.165) is 19.6 Å². The van der Waals surface area contributed by atoms with Crippen molar-refractivity contribution in [3.05, 3.63) is 49.6 Å². The Labute approximate surface area is 128 Å². The first-order valence-corrected chi connectivity index (χ1v) is 7.69. The van der Waals surface area contributed by atoms with Crippen molar-refractivity contribution in [1.82, 2.24) is 10.2 Å². The van der Waals surface area contributed by atoms with Crippen LogP contribution in [0.5, 0.6) is 0 Å². The smallest absolute Gasteiger partial charge is 0.0194 e. The largest absolute Gasteiger partial charge is 0.314 e. The second-order valence-electron chi connectivity index (χ2n) is 3.75. The Hall–Kier alpha value is -1.12. The Morgan fingerprint density at radius 3 is 1.75 bits per heavy atom. The van der Waals surface area contributed by atoms with Gasteiger partial charge in [-0.2, -0.15) is 0 Å². The predicted octanol–water partition coefficient (Wildman–Crippen LogP) is 4.43. The fraction of sp³-hybridized carbons (Fsp3) is 0.556. The van der Waals surface area contributed by atoms with Gasteiger partial charge in [-0.1, -0.05) is 77.3 Å². The van der Waals surface area contributed by atoms with Gasteiger partial charge in [0.05, 0.1) is 0 Å². The van der Waals surface area contributed by atoms with E-state index in [0.29, 0.717) is 0 Å². The molecule has 1 fully saturated rings. The van der Waals surface area contributed by atoms with Crippen molar-refractivity contribution in [3.63, 3.8) is 0 Å². The highest BCUT2D eigenvalue weighted by molar-refractivity contribution is 5.09. The molecule has 0 radical (unpaired) electrons. The monoisotopic (exact) mass is 280 g/mol. The summed E-state index contributed by atoms with van der Waals surface area (Å²) < 4.78 is 0. The molecule has 2 nitrogen and oxygen atoms in total. The molecule has 0 saturated carbocycles. The lowest BCUT2D eigenvalue weighted by Crippen LogP contribution is -2.43. The maximum atomic E-state index is 3.69. The Morgan fingerprint density at radius 2 is 1.40 bits per heavy atom. The molecule has 0 atom stereocenters. The Balaban J connectivity index is -0.000000306. The fourth-order valence-corrected chi connectivity index (χ4v) is 1.48. The van der Waals surface area contributed by atoms with Crippen LogP contribution in [0.2, 0.25) is 0 Å². The first-order valence-electron chi connectivity index (χ1n) is 7.69. The highest BCUT2D eigenvalue weighted by Crippen LogP contribution is 1.99. The number of piperazine rings is 1. The summed E-state index contributed by atoms with van der Waals surface area (Å²) in [6.45, 7) is 26.2. The minimum atomic E-state index is 1.09. The lowest BCUT2D eigenvalue weighted by Gasteiger charge is -2.27. The van der Waals surface area contributed by atoms with E-state index in [1.165, 1.54) is 18.7 Å². The van der Waals surface area contributed by atoms with Gasteiger partial charge in [-0.05, 0) is 6.92 Å². The Kier molecular flexibility index (Phi) is 27.5. The molecule has 1 aliphatic rings. The molecule has 1 heterocycles. The molecule has 1 saturated heterocycles. The summed E-state index contributed by atoms with van der Waals surface area (Å²) in [4.78, 5) is 2.46. The first kappa shape index (κ1) is 23.9. The maximum Gasteiger partial charge on any atom is 0.0194 e. The molecule has 0 aromatic rings. The minimum Gasteiger partial charge on any atom is -0.314 e. The van der Waals surface area contributed by atoms with Crippen LogP contribution in [0.25, 0.3) is 0 Å². The SMILES string of the molecule is C=C/C=C(\C)CN1CCNCC1.C=CC=C.CC.CC. The van der Waals surface area contributed by atoms with Crippen LogP contribution in [0.1, 0.15) is 34.6 Å². The summed E-state index contributed by atoms with van der Waals surface area (Å²) in [6, 6.07) is 0. The van der Waals surface area contributed by atoms with Gasteiger partial charge >= 0.3 is 0 Å². The third-order valence-electron chi connectivity index (χ3n) is 2.25. The molecule has 0 spiro atoms. The third kappa shape index (κ3) is 19.2. The summed E-state index contributed by atoms with van der Waals surface area (Å²) in [6.07, 6.45) is 7.22. The zero-order valence-electron chi connectivity index (χ0n) is 14.4. The summed E-state index contributed by atoms with van der Waals surface area (Å²) >= 11 is 0. The van der Waals surface area contributed by atoms with Crippen LogP contribution < -0.4 is 5.32 Å². The van der Waals surface area contributed by atoms with Gasteiger partial charge < -0.3 is 5.32 Å². The van der Waals surface area contributed by atoms with Crippen LogP contribution in [-0.2, 0) is 0 Å². The van der Waals surface area contributed by atoms with E-state index >= 15 is 0 Å². The predicted molar refractivity (Wildman–Crippen MR) is 96.4 cm³/mol. The van der Waals surface area contributed by atoms with Crippen molar-refractivity contribution >= 4 is 0 Å². The highest BCUT2D eigenvalue weighted by atomic mass is 15.2. The van der Waals surface area contributed by atoms with Crippen LogP contribution in [0.3, 0.4) is 0 Å². The van der Waals surface area contributed by atoms with E-state index in [4.69, 9.17) is 0 Å². The maximum absolute atomic E-state index is 3.69. The van der Waals surface area contributed by atoms with E-state index in [1.54, 1.807) is 12.2 Å². The molecule has 1 aliphatic heterocycles. The Morgan fingerprint density at radius 1 is 0.950 bits per heavy atom. The average molecular weight is 280 g/mol. The minimum absolute atomic E-state index is 1.09. The molecular formula is C18H36N2. The molecule has 20 heavy (non-hydrogen) atoms. The van der Waals surface area contributed by atoms with Gasteiger partial charge in [0.25, 0.3) is 0 Å². The molecule has 0 aromatic carbocycles. The highest BCUT2D eigenvalue weighted by Gasteiger charge is 2.08. The quantitative estimate of drug-likeness (QED) is 0.766. The van der Waals surface area contributed by atoms with E-state index in [9.17, 15) is 0 Å². The molecule has 0 amide bonds. The molecule has 1 N–H and O–H groups in total. The number of hydrogen-bond donors (Lipinski definition) is 1. The third-order valence-corrected chi connectivity index (χ3v) is 2.25. The fourth-order valence-electron chi connectivity index (χ4n) is 1.48.